The Morgan fingerprint density at radius 2 is 1.89 bits per heavy atom. The van der Waals surface area contributed by atoms with Crippen LogP contribution in [-0.2, 0) is 0 Å². The molecule has 0 saturated heterocycles. The molecule has 0 aliphatic carbocycles. The lowest BCUT2D eigenvalue weighted by Gasteiger charge is -2.15. The van der Waals surface area contributed by atoms with E-state index in [2.05, 4.69) is 0 Å². The zero-order valence-electron chi connectivity index (χ0n) is 10.5. The molecule has 0 amide bonds. The predicted molar refractivity (Wildman–Crippen MR) is 66.1 cm³/mol. The fraction of sp³-hybridized carbons (Fsp3) is 0.455. The van der Waals surface area contributed by atoms with Crippen LogP contribution < -0.4 is 4.74 Å². The van der Waals surface area contributed by atoms with Crippen molar-refractivity contribution >= 4 is 11.4 Å². The van der Waals surface area contributed by atoms with E-state index in [-0.39, 0.29) is 11.4 Å². The first-order valence-electron chi connectivity index (χ1n) is 5.58. The number of non-ortho nitro benzene ring substituents is 1. The zero-order chi connectivity index (χ0) is 14.6. The molecule has 0 radical (unpaired) electrons. The van der Waals surface area contributed by atoms with Gasteiger partial charge in [-0.2, -0.15) is 0 Å². The van der Waals surface area contributed by atoms with Crippen molar-refractivity contribution in [1.29, 1.82) is 0 Å². The van der Waals surface area contributed by atoms with E-state index in [4.69, 9.17) is 4.74 Å². The van der Waals surface area contributed by atoms with E-state index in [1.54, 1.807) is 13.8 Å². The van der Waals surface area contributed by atoms with Crippen molar-refractivity contribution in [3.05, 3.63) is 38.4 Å². The molecule has 0 heterocycles. The normalized spacial score (nSPS) is 13.6. The van der Waals surface area contributed by atoms with Crippen LogP contribution in [-0.4, -0.2) is 27.2 Å². The summed E-state index contributed by atoms with van der Waals surface area (Å²) in [5, 5.41) is 30.6. The molecule has 8 heteroatoms. The predicted octanol–water partition coefficient (Wildman–Crippen LogP) is 2.04. The number of rotatable bonds is 6. The summed E-state index contributed by atoms with van der Waals surface area (Å²) in [7, 11) is 0. The van der Waals surface area contributed by atoms with Crippen LogP contribution in [0.2, 0.25) is 0 Å². The molecular formula is C11H14N2O6. The Kier molecular flexibility index (Phi) is 4.76. The second kappa shape index (κ2) is 6.10. The standard InChI is InChI=1S/C11H14N2O6/c1-7(14)5-8(2)19-11-4-3-9(12(15)16)6-10(11)13(17)18/h3-4,6-8,14H,5H2,1-2H3. The minimum atomic E-state index is -0.739. The molecule has 0 aliphatic heterocycles. The number of aliphatic hydroxyl groups is 1. The highest BCUT2D eigenvalue weighted by Crippen LogP contribution is 2.32. The molecule has 0 bridgehead atoms. The Bertz CT molecular complexity index is 488. The number of benzene rings is 1. The minimum absolute atomic E-state index is 0.0521. The van der Waals surface area contributed by atoms with Crippen molar-refractivity contribution in [2.45, 2.75) is 32.5 Å². The van der Waals surface area contributed by atoms with Crippen LogP contribution in [0.4, 0.5) is 11.4 Å². The number of aliphatic hydroxyl groups excluding tert-OH is 1. The number of hydrogen-bond donors (Lipinski definition) is 1. The van der Waals surface area contributed by atoms with Gasteiger partial charge in [-0.25, -0.2) is 0 Å². The first kappa shape index (κ1) is 14.8. The lowest BCUT2D eigenvalue weighted by molar-refractivity contribution is -0.394. The van der Waals surface area contributed by atoms with Crippen LogP contribution in [0.25, 0.3) is 0 Å². The molecule has 1 N–H and O–H groups in total. The van der Waals surface area contributed by atoms with E-state index in [0.717, 1.165) is 12.1 Å². The van der Waals surface area contributed by atoms with Gasteiger partial charge in [0.15, 0.2) is 5.75 Å². The van der Waals surface area contributed by atoms with Gasteiger partial charge in [0.25, 0.3) is 5.69 Å². The maximum Gasteiger partial charge on any atom is 0.317 e. The molecule has 0 aliphatic rings. The number of hydrogen-bond acceptors (Lipinski definition) is 6. The molecule has 0 fully saturated rings. The van der Waals surface area contributed by atoms with Crippen molar-refractivity contribution in [1.82, 2.24) is 0 Å². The van der Waals surface area contributed by atoms with Crippen molar-refractivity contribution in [2.75, 3.05) is 0 Å². The summed E-state index contributed by atoms with van der Waals surface area (Å²) in [6.45, 7) is 3.22. The van der Waals surface area contributed by atoms with E-state index in [0.29, 0.717) is 6.42 Å². The molecule has 2 atom stereocenters. The highest BCUT2D eigenvalue weighted by Gasteiger charge is 2.22. The van der Waals surface area contributed by atoms with Gasteiger partial charge in [-0.15, -0.1) is 0 Å². The Morgan fingerprint density at radius 1 is 1.26 bits per heavy atom. The van der Waals surface area contributed by atoms with Gasteiger partial charge >= 0.3 is 5.69 Å². The first-order valence-corrected chi connectivity index (χ1v) is 5.58. The lowest BCUT2D eigenvalue weighted by Crippen LogP contribution is -2.18. The SMILES string of the molecule is CC(O)CC(C)Oc1ccc([N+](=O)[O-])cc1[N+](=O)[O-]. The topological polar surface area (TPSA) is 116 Å². The van der Waals surface area contributed by atoms with Gasteiger partial charge in [0.05, 0.1) is 28.1 Å². The minimum Gasteiger partial charge on any atom is -0.484 e. The maximum atomic E-state index is 10.9. The molecule has 0 saturated carbocycles. The van der Waals surface area contributed by atoms with Gasteiger partial charge in [0.2, 0.25) is 0 Å². The molecule has 1 aromatic carbocycles. The van der Waals surface area contributed by atoms with Crippen LogP contribution in [0.15, 0.2) is 18.2 Å². The van der Waals surface area contributed by atoms with E-state index in [1.807, 2.05) is 0 Å². The molecule has 0 aromatic heterocycles. The average molecular weight is 270 g/mol. The van der Waals surface area contributed by atoms with Crippen LogP contribution in [0.1, 0.15) is 20.3 Å². The average Bonchev–Trinajstić information content (AvgIpc) is 2.27. The lowest BCUT2D eigenvalue weighted by atomic mass is 10.2. The zero-order valence-corrected chi connectivity index (χ0v) is 10.5. The Labute approximate surface area is 108 Å². The second-order valence-electron chi connectivity index (χ2n) is 4.18. The van der Waals surface area contributed by atoms with E-state index in [9.17, 15) is 25.3 Å². The van der Waals surface area contributed by atoms with Crippen molar-refractivity contribution in [3.63, 3.8) is 0 Å². The fourth-order valence-corrected chi connectivity index (χ4v) is 1.61. The van der Waals surface area contributed by atoms with Gasteiger partial charge in [-0.05, 0) is 19.9 Å². The molecule has 1 rings (SSSR count). The van der Waals surface area contributed by atoms with E-state index >= 15 is 0 Å². The van der Waals surface area contributed by atoms with Crippen LogP contribution >= 0.6 is 0 Å². The van der Waals surface area contributed by atoms with E-state index in [1.165, 1.54) is 6.07 Å². The molecule has 0 spiro atoms. The quantitative estimate of drug-likeness (QED) is 0.624. The Morgan fingerprint density at radius 3 is 2.37 bits per heavy atom. The highest BCUT2D eigenvalue weighted by atomic mass is 16.6. The van der Waals surface area contributed by atoms with Gasteiger partial charge in [0, 0.05) is 12.5 Å². The van der Waals surface area contributed by atoms with Gasteiger partial charge in [-0.3, -0.25) is 20.2 Å². The van der Waals surface area contributed by atoms with Crippen molar-refractivity contribution in [2.24, 2.45) is 0 Å². The number of nitrogens with zero attached hydrogens (tertiary/aromatic N) is 2. The number of nitro groups is 2. The third-order valence-corrected chi connectivity index (χ3v) is 2.35. The smallest absolute Gasteiger partial charge is 0.317 e. The van der Waals surface area contributed by atoms with Gasteiger partial charge in [0.1, 0.15) is 0 Å². The number of ether oxygens (including phenoxy) is 1. The summed E-state index contributed by atoms with van der Waals surface area (Å²) < 4.78 is 5.33. The largest absolute Gasteiger partial charge is 0.484 e. The van der Waals surface area contributed by atoms with Gasteiger partial charge in [-0.1, -0.05) is 0 Å². The highest BCUT2D eigenvalue weighted by molar-refractivity contribution is 5.53. The summed E-state index contributed by atoms with van der Waals surface area (Å²) in [6.07, 6.45) is -0.749. The van der Waals surface area contributed by atoms with E-state index < -0.39 is 27.7 Å². The second-order valence-corrected chi connectivity index (χ2v) is 4.18. The van der Waals surface area contributed by atoms with Crippen molar-refractivity contribution < 1.29 is 19.7 Å². The van der Waals surface area contributed by atoms with Crippen molar-refractivity contribution in [3.8, 4) is 5.75 Å². The number of nitro benzene ring substituents is 2. The summed E-state index contributed by atoms with van der Waals surface area (Å²) in [5.74, 6) is -0.0521. The monoisotopic (exact) mass is 270 g/mol. The third-order valence-electron chi connectivity index (χ3n) is 2.35. The maximum absolute atomic E-state index is 10.9. The molecule has 2 unspecified atom stereocenters. The summed E-state index contributed by atoms with van der Waals surface area (Å²) in [4.78, 5) is 20.0. The van der Waals surface area contributed by atoms with Crippen LogP contribution in [0, 0.1) is 20.2 Å². The molecule has 19 heavy (non-hydrogen) atoms. The fourth-order valence-electron chi connectivity index (χ4n) is 1.61. The Hall–Kier alpha value is -2.22. The molecule has 1 aromatic rings. The van der Waals surface area contributed by atoms with Gasteiger partial charge < -0.3 is 9.84 Å². The first-order chi connectivity index (χ1) is 8.81. The third kappa shape index (κ3) is 4.18. The van der Waals surface area contributed by atoms with Crippen LogP contribution in [0.5, 0.6) is 5.75 Å². The van der Waals surface area contributed by atoms with Crippen LogP contribution in [0.3, 0.4) is 0 Å². The summed E-state index contributed by atoms with van der Waals surface area (Å²) in [5.41, 5.74) is -0.839. The summed E-state index contributed by atoms with van der Waals surface area (Å²) >= 11 is 0. The summed E-state index contributed by atoms with van der Waals surface area (Å²) in [6, 6.07) is 3.18. The molecule has 8 nitrogen and oxygen atoms in total. The molecule has 104 valence electrons. The Balaban J connectivity index is 3.00. The molecular weight excluding hydrogens is 256 g/mol.